The molecule has 4 atom stereocenters. The second-order valence-corrected chi connectivity index (χ2v) is 23.9. The molecule has 0 aliphatic heterocycles. The number of carbonyl (C=O) groups excluding carboxylic acids is 7. The zero-order chi connectivity index (χ0) is 60.4. The highest BCUT2D eigenvalue weighted by Gasteiger charge is 2.60. The molecule has 0 fully saturated rings. The van der Waals surface area contributed by atoms with Gasteiger partial charge < -0.3 is 57.1 Å². The summed E-state index contributed by atoms with van der Waals surface area (Å²) in [5.41, 5.74) is 19.3. The Balaban J connectivity index is 1.35. The Kier molecular flexibility index (Phi) is 19.4. The molecule has 19 nitrogen and oxygen atoms in total. The number of nitrogen functional groups attached to an aromatic ring is 1. The van der Waals surface area contributed by atoms with Crippen LogP contribution < -0.4 is 37.9 Å². The van der Waals surface area contributed by atoms with Gasteiger partial charge in [0.05, 0.1) is 6.04 Å². The maximum Gasteiger partial charge on any atom is 0.418 e. The Bertz CT molecular complexity index is 3260. The second-order valence-electron chi connectivity index (χ2n) is 23.9. The first kappa shape index (κ1) is 61.9. The van der Waals surface area contributed by atoms with E-state index in [0.29, 0.717) is 27.5 Å². The van der Waals surface area contributed by atoms with Crippen molar-refractivity contribution in [2.24, 2.45) is 11.5 Å². The number of anilines is 1. The number of ether oxygens (including phenoxy) is 4. The van der Waals surface area contributed by atoms with Crippen LogP contribution in [0.25, 0.3) is 22.0 Å². The Morgan fingerprint density at radius 1 is 0.663 bits per heavy atom. The van der Waals surface area contributed by atoms with Crippen molar-refractivity contribution in [2.45, 2.75) is 147 Å². The van der Waals surface area contributed by atoms with Crippen molar-refractivity contribution >= 4 is 58.4 Å². The highest BCUT2D eigenvalue weighted by atomic mass is 16.6. The molecule has 6 aromatic rings. The standard InChI is InChI=1S/C64H78N8O11/c1-61(2,3)81-43-31-27-39(28-32-43)34-50(66)56(75)72(60(79)83-63(7,8)9)64(36-40-25-29-42(65)30-26-40,58(77)80-38-49-47-21-12-10-19-45(47)46-20-11-13-22-48(46)49)57(76)71-52(24-16-17-33-68-59(78)82-62(4,5)6)55(74)70-53(54(67)73)35-41-37-69-51-23-15-14-18-44(41)51/h10-15,18-23,25-32,37,49-50,52-53,69H,16-17,24,33-36,38,65-66H2,1-9H3,(H2,67,73)(H,68,78)(H,70,74)(H,71,76)/t50-,52-,53-,64-/m0/s1. The van der Waals surface area contributed by atoms with Crippen LogP contribution in [0, 0.1) is 0 Å². The van der Waals surface area contributed by atoms with Crippen molar-refractivity contribution in [3.8, 4) is 16.9 Å². The Morgan fingerprint density at radius 3 is 1.86 bits per heavy atom. The van der Waals surface area contributed by atoms with Crippen molar-refractivity contribution in [1.29, 1.82) is 0 Å². The van der Waals surface area contributed by atoms with Gasteiger partial charge in [-0.25, -0.2) is 19.3 Å². The van der Waals surface area contributed by atoms with Gasteiger partial charge in [-0.2, -0.15) is 0 Å². The molecule has 0 radical (unpaired) electrons. The number of hydrogen-bond acceptors (Lipinski definition) is 13. The molecule has 7 rings (SSSR count). The summed E-state index contributed by atoms with van der Waals surface area (Å²) in [7, 11) is 0. The predicted molar refractivity (Wildman–Crippen MR) is 317 cm³/mol. The average Bonchev–Trinajstić information content (AvgIpc) is 4.16. The number of amides is 6. The molecule has 5 aromatic carbocycles. The van der Waals surface area contributed by atoms with Crippen LogP contribution in [0.4, 0.5) is 15.3 Å². The predicted octanol–water partition coefficient (Wildman–Crippen LogP) is 8.29. The smallest absolute Gasteiger partial charge is 0.418 e. The number of primary amides is 1. The number of benzene rings is 5. The fraction of sp³-hybridized carbons (Fsp3) is 0.391. The average molecular weight is 1140 g/mol. The minimum atomic E-state index is -3.06. The SMILES string of the molecule is CC(C)(C)OC(=O)NCCCC[C@H](NC(=O)[C@@](Cc1ccc(N)cc1)(C(=O)OCC1c2ccccc2-c2ccccc21)N(C(=O)OC(C)(C)C)C(=O)[C@@H](N)Cc1ccc(OC(C)(C)C)cc1)C(=O)N[C@@H](Cc1c[nH]c2ccccc12)C(N)=O. The van der Waals surface area contributed by atoms with Crippen LogP contribution in [0.3, 0.4) is 0 Å². The van der Waals surface area contributed by atoms with Crippen molar-refractivity contribution in [1.82, 2.24) is 25.8 Å². The lowest BCUT2D eigenvalue weighted by molar-refractivity contribution is -0.170. The summed E-state index contributed by atoms with van der Waals surface area (Å²) < 4.78 is 23.8. The third kappa shape index (κ3) is 16.1. The first-order chi connectivity index (χ1) is 39.1. The molecular formula is C64H78N8O11. The number of fused-ring (bicyclic) bond motifs is 4. The van der Waals surface area contributed by atoms with Gasteiger partial charge in [0, 0.05) is 48.1 Å². The fourth-order valence-electron chi connectivity index (χ4n) is 10.0. The highest BCUT2D eigenvalue weighted by molar-refractivity contribution is 6.15. The van der Waals surface area contributed by atoms with Crippen molar-refractivity contribution in [3.63, 3.8) is 0 Å². The van der Waals surface area contributed by atoms with Crippen LogP contribution >= 0.6 is 0 Å². The molecule has 83 heavy (non-hydrogen) atoms. The number of rotatable bonds is 22. The largest absolute Gasteiger partial charge is 0.488 e. The molecule has 10 N–H and O–H groups in total. The third-order valence-corrected chi connectivity index (χ3v) is 13.8. The molecule has 0 unspecified atom stereocenters. The van der Waals surface area contributed by atoms with E-state index >= 15 is 24.0 Å². The summed E-state index contributed by atoms with van der Waals surface area (Å²) in [4.78, 5) is 108. The summed E-state index contributed by atoms with van der Waals surface area (Å²) in [6.07, 6.45) is -1.18. The monoisotopic (exact) mass is 1130 g/mol. The first-order valence-corrected chi connectivity index (χ1v) is 27.9. The van der Waals surface area contributed by atoms with Crippen LogP contribution in [0.1, 0.15) is 115 Å². The molecule has 0 saturated heterocycles. The number of carbonyl (C=O) groups is 7. The van der Waals surface area contributed by atoms with E-state index in [0.717, 1.165) is 33.2 Å². The van der Waals surface area contributed by atoms with Gasteiger partial charge in [0.1, 0.15) is 41.2 Å². The van der Waals surface area contributed by atoms with Crippen molar-refractivity contribution < 1.29 is 52.5 Å². The number of para-hydroxylation sites is 1. The summed E-state index contributed by atoms with van der Waals surface area (Å²) in [5, 5.41) is 8.96. The summed E-state index contributed by atoms with van der Waals surface area (Å²) >= 11 is 0. The van der Waals surface area contributed by atoms with E-state index in [2.05, 4.69) is 20.9 Å². The molecular weight excluding hydrogens is 1060 g/mol. The molecule has 0 saturated carbocycles. The number of nitrogens with two attached hydrogens (primary N) is 3. The number of imide groups is 1. The van der Waals surface area contributed by atoms with Gasteiger partial charge in [0.2, 0.25) is 17.4 Å². The first-order valence-electron chi connectivity index (χ1n) is 27.9. The highest BCUT2D eigenvalue weighted by Crippen LogP contribution is 2.45. The second kappa shape index (κ2) is 26.0. The van der Waals surface area contributed by atoms with Crippen molar-refractivity contribution in [2.75, 3.05) is 18.9 Å². The van der Waals surface area contributed by atoms with Gasteiger partial charge >= 0.3 is 18.2 Å². The maximum atomic E-state index is 16.3. The molecule has 0 bridgehead atoms. The topological polar surface area (TPSA) is 290 Å². The molecule has 19 heteroatoms. The molecule has 6 amide bonds. The Hall–Kier alpha value is -8.71. The number of nitrogens with zero attached hydrogens (tertiary/aromatic N) is 1. The minimum Gasteiger partial charge on any atom is -0.488 e. The van der Waals surface area contributed by atoms with Gasteiger partial charge in [-0.3, -0.25) is 19.2 Å². The van der Waals surface area contributed by atoms with E-state index in [1.165, 1.54) is 24.3 Å². The minimum absolute atomic E-state index is 0.0580. The van der Waals surface area contributed by atoms with Crippen LogP contribution in [-0.2, 0) is 57.4 Å². The van der Waals surface area contributed by atoms with Gasteiger partial charge in [-0.15, -0.1) is 0 Å². The van der Waals surface area contributed by atoms with Gasteiger partial charge in [0.25, 0.3) is 11.8 Å². The van der Waals surface area contributed by atoms with E-state index < -0.39 is 94.6 Å². The van der Waals surface area contributed by atoms with Crippen LogP contribution in [0.2, 0.25) is 0 Å². The lowest BCUT2D eigenvalue weighted by atomic mass is 9.86. The molecule has 440 valence electrons. The van der Waals surface area contributed by atoms with Gasteiger partial charge in [0.15, 0.2) is 0 Å². The molecule has 0 spiro atoms. The van der Waals surface area contributed by atoms with E-state index in [1.807, 2.05) is 93.6 Å². The molecule has 1 aromatic heterocycles. The third-order valence-electron chi connectivity index (χ3n) is 13.8. The van der Waals surface area contributed by atoms with E-state index in [4.69, 9.17) is 36.1 Å². The number of unbranched alkanes of at least 4 members (excludes halogenated alkanes) is 1. The quantitative estimate of drug-likeness (QED) is 0.0111. The number of H-pyrrole nitrogens is 1. The number of hydrogen-bond donors (Lipinski definition) is 7. The summed E-state index contributed by atoms with van der Waals surface area (Å²) in [6.45, 7) is 15.2. The van der Waals surface area contributed by atoms with E-state index in [1.54, 1.807) is 72.0 Å². The van der Waals surface area contributed by atoms with Crippen molar-refractivity contribution in [3.05, 3.63) is 155 Å². The lowest BCUT2D eigenvalue weighted by Crippen LogP contribution is -2.72. The molecule has 1 aliphatic carbocycles. The fourth-order valence-corrected chi connectivity index (χ4v) is 10.0. The van der Waals surface area contributed by atoms with Crippen LogP contribution in [0.15, 0.2) is 128 Å². The van der Waals surface area contributed by atoms with E-state index in [9.17, 15) is 9.59 Å². The van der Waals surface area contributed by atoms with E-state index in [-0.39, 0.29) is 50.8 Å². The Labute approximate surface area is 484 Å². The maximum absolute atomic E-state index is 16.3. The normalized spacial score (nSPS) is 14.1. The van der Waals surface area contributed by atoms with Crippen LogP contribution in [-0.4, -0.2) is 105 Å². The van der Waals surface area contributed by atoms with Gasteiger partial charge in [-0.1, -0.05) is 91.0 Å². The Morgan fingerprint density at radius 2 is 1.25 bits per heavy atom. The number of esters is 1. The number of alkyl carbamates (subject to hydrolysis) is 1. The number of aromatic nitrogens is 1. The zero-order valence-corrected chi connectivity index (χ0v) is 48.8. The lowest BCUT2D eigenvalue weighted by Gasteiger charge is -2.41. The van der Waals surface area contributed by atoms with Gasteiger partial charge in [-0.05, 0) is 157 Å². The number of nitrogens with one attached hydrogen (secondary N) is 4. The zero-order valence-electron chi connectivity index (χ0n) is 48.8. The summed E-state index contributed by atoms with van der Waals surface area (Å²) in [6, 6.07) is 30.9. The number of aromatic amines is 1. The molecule has 1 aliphatic rings. The molecule has 1 heterocycles. The van der Waals surface area contributed by atoms with Crippen LogP contribution in [0.5, 0.6) is 5.75 Å². The summed E-state index contributed by atoms with van der Waals surface area (Å²) in [5.74, 6) is -5.71.